The lowest BCUT2D eigenvalue weighted by Gasteiger charge is -2.37. The molecular formula is C11H14FNOS. The maximum atomic E-state index is 13.0. The van der Waals surface area contributed by atoms with E-state index in [4.69, 9.17) is 0 Å². The van der Waals surface area contributed by atoms with Crippen LogP contribution in [-0.4, -0.2) is 21.1 Å². The average molecular weight is 227 g/mol. The Kier molecular flexibility index (Phi) is 2.98. The van der Waals surface area contributed by atoms with Crippen molar-refractivity contribution in [2.24, 2.45) is 0 Å². The fraction of sp³-hybridized carbons (Fsp3) is 0.545. The molecule has 0 aliphatic carbocycles. The molecule has 0 amide bonds. The van der Waals surface area contributed by atoms with Gasteiger partial charge < -0.3 is 5.11 Å². The lowest BCUT2D eigenvalue weighted by molar-refractivity contribution is 0.0248. The molecule has 0 spiro atoms. The van der Waals surface area contributed by atoms with Crippen molar-refractivity contribution < 1.29 is 9.50 Å². The number of pyridine rings is 1. The molecule has 2 rings (SSSR count). The molecule has 1 saturated heterocycles. The number of hydrogen-bond donors (Lipinski definition) is 1. The van der Waals surface area contributed by atoms with Crippen molar-refractivity contribution in [2.45, 2.75) is 30.6 Å². The maximum Gasteiger partial charge on any atom is 0.141 e. The summed E-state index contributed by atoms with van der Waals surface area (Å²) in [7, 11) is 0. The number of hydrogen-bond acceptors (Lipinski definition) is 3. The van der Waals surface area contributed by atoms with Gasteiger partial charge in [-0.25, -0.2) is 4.39 Å². The lowest BCUT2D eigenvalue weighted by Crippen LogP contribution is -2.39. The van der Waals surface area contributed by atoms with E-state index in [-0.39, 0.29) is 11.1 Å². The number of halogens is 1. The molecule has 1 aliphatic rings. The van der Waals surface area contributed by atoms with Crippen LogP contribution in [0.1, 0.15) is 25.3 Å². The van der Waals surface area contributed by atoms with E-state index in [0.29, 0.717) is 12.0 Å². The second-order valence-electron chi connectivity index (χ2n) is 3.93. The van der Waals surface area contributed by atoms with Crippen LogP contribution in [0.5, 0.6) is 0 Å². The van der Waals surface area contributed by atoms with Gasteiger partial charge in [0.2, 0.25) is 0 Å². The first-order chi connectivity index (χ1) is 7.13. The Morgan fingerprint density at radius 2 is 2.40 bits per heavy atom. The standard InChI is InChI=1S/C11H14FNOS/c1-8-11(14,3-2-4-15-8)9-5-10(12)7-13-6-9/h5-8,14H,2-4H2,1H3. The third kappa shape index (κ3) is 2.01. The Bertz CT molecular complexity index is 360. The Morgan fingerprint density at radius 1 is 1.60 bits per heavy atom. The molecule has 1 N–H and O–H groups in total. The minimum absolute atomic E-state index is 0.0925. The van der Waals surface area contributed by atoms with Gasteiger partial charge in [-0.1, -0.05) is 6.92 Å². The molecule has 2 nitrogen and oxygen atoms in total. The minimum atomic E-state index is -0.919. The molecule has 1 aromatic rings. The molecule has 0 radical (unpaired) electrons. The van der Waals surface area contributed by atoms with Crippen LogP contribution in [0.2, 0.25) is 0 Å². The molecule has 2 heterocycles. The largest absolute Gasteiger partial charge is 0.384 e. The molecule has 2 unspecified atom stereocenters. The van der Waals surface area contributed by atoms with Gasteiger partial charge in [0, 0.05) is 17.0 Å². The molecular weight excluding hydrogens is 213 g/mol. The number of aliphatic hydroxyl groups is 1. The van der Waals surface area contributed by atoms with Crippen molar-refractivity contribution in [1.82, 2.24) is 4.98 Å². The summed E-state index contributed by atoms with van der Waals surface area (Å²) >= 11 is 1.73. The normalized spacial score (nSPS) is 31.5. The van der Waals surface area contributed by atoms with Crippen molar-refractivity contribution in [3.05, 3.63) is 29.8 Å². The molecule has 15 heavy (non-hydrogen) atoms. The Labute approximate surface area is 92.9 Å². The SMILES string of the molecule is CC1SCCCC1(O)c1cncc(F)c1. The third-order valence-corrected chi connectivity index (χ3v) is 4.36. The van der Waals surface area contributed by atoms with Crippen LogP contribution in [0.25, 0.3) is 0 Å². The second kappa shape index (κ2) is 4.10. The summed E-state index contributed by atoms with van der Waals surface area (Å²) < 4.78 is 13.0. The highest BCUT2D eigenvalue weighted by atomic mass is 32.2. The van der Waals surface area contributed by atoms with E-state index in [2.05, 4.69) is 4.98 Å². The van der Waals surface area contributed by atoms with E-state index in [0.717, 1.165) is 18.4 Å². The summed E-state index contributed by atoms with van der Waals surface area (Å²) in [5.41, 5.74) is -0.319. The van der Waals surface area contributed by atoms with Crippen molar-refractivity contribution >= 4 is 11.8 Å². The predicted octanol–water partition coefficient (Wildman–Crippen LogP) is 2.32. The Hall–Kier alpha value is -0.610. The van der Waals surface area contributed by atoms with Crippen LogP contribution in [-0.2, 0) is 5.60 Å². The van der Waals surface area contributed by atoms with Gasteiger partial charge in [0.1, 0.15) is 11.4 Å². The third-order valence-electron chi connectivity index (χ3n) is 2.95. The fourth-order valence-electron chi connectivity index (χ4n) is 1.97. The predicted molar refractivity (Wildman–Crippen MR) is 59.2 cm³/mol. The highest BCUT2D eigenvalue weighted by Gasteiger charge is 2.38. The fourth-order valence-corrected chi connectivity index (χ4v) is 3.16. The van der Waals surface area contributed by atoms with Crippen molar-refractivity contribution in [1.29, 1.82) is 0 Å². The number of thioether (sulfide) groups is 1. The Morgan fingerprint density at radius 3 is 3.07 bits per heavy atom. The van der Waals surface area contributed by atoms with Crippen LogP contribution in [0.15, 0.2) is 18.5 Å². The van der Waals surface area contributed by atoms with Crippen LogP contribution >= 0.6 is 11.8 Å². The topological polar surface area (TPSA) is 33.1 Å². The zero-order chi connectivity index (χ0) is 10.9. The minimum Gasteiger partial charge on any atom is -0.384 e. The summed E-state index contributed by atoms with van der Waals surface area (Å²) in [5, 5.41) is 10.6. The van der Waals surface area contributed by atoms with Crippen molar-refractivity contribution in [3.8, 4) is 0 Å². The van der Waals surface area contributed by atoms with Gasteiger partial charge in [0.15, 0.2) is 0 Å². The maximum absolute atomic E-state index is 13.0. The van der Waals surface area contributed by atoms with E-state index >= 15 is 0 Å². The molecule has 1 aromatic heterocycles. The summed E-state index contributed by atoms with van der Waals surface area (Å²) in [6.45, 7) is 1.98. The van der Waals surface area contributed by atoms with Gasteiger partial charge >= 0.3 is 0 Å². The van der Waals surface area contributed by atoms with Crippen molar-refractivity contribution in [2.75, 3.05) is 5.75 Å². The highest BCUT2D eigenvalue weighted by molar-refractivity contribution is 8.00. The van der Waals surface area contributed by atoms with Crippen molar-refractivity contribution in [3.63, 3.8) is 0 Å². The number of nitrogens with zero attached hydrogens (tertiary/aromatic N) is 1. The summed E-state index contributed by atoms with van der Waals surface area (Å²) in [6.07, 6.45) is 4.37. The average Bonchev–Trinajstić information content (AvgIpc) is 2.23. The van der Waals surface area contributed by atoms with E-state index < -0.39 is 5.60 Å². The zero-order valence-electron chi connectivity index (χ0n) is 8.61. The van der Waals surface area contributed by atoms with E-state index in [9.17, 15) is 9.50 Å². The highest BCUT2D eigenvalue weighted by Crippen LogP contribution is 2.41. The molecule has 4 heteroatoms. The van der Waals surface area contributed by atoms with Crippen LogP contribution in [0.3, 0.4) is 0 Å². The van der Waals surface area contributed by atoms with E-state index in [1.807, 2.05) is 6.92 Å². The van der Waals surface area contributed by atoms with Gasteiger partial charge in [-0.05, 0) is 24.7 Å². The molecule has 0 bridgehead atoms. The van der Waals surface area contributed by atoms with Crippen LogP contribution in [0, 0.1) is 5.82 Å². The van der Waals surface area contributed by atoms with Crippen LogP contribution < -0.4 is 0 Å². The molecule has 2 atom stereocenters. The zero-order valence-corrected chi connectivity index (χ0v) is 9.43. The van der Waals surface area contributed by atoms with Gasteiger partial charge in [0.25, 0.3) is 0 Å². The number of rotatable bonds is 1. The van der Waals surface area contributed by atoms with Gasteiger partial charge in [-0.3, -0.25) is 4.98 Å². The molecule has 1 fully saturated rings. The first-order valence-electron chi connectivity index (χ1n) is 5.08. The first-order valence-corrected chi connectivity index (χ1v) is 6.13. The number of aromatic nitrogens is 1. The second-order valence-corrected chi connectivity index (χ2v) is 5.38. The van der Waals surface area contributed by atoms with E-state index in [1.54, 1.807) is 18.0 Å². The lowest BCUT2D eigenvalue weighted by atomic mass is 9.87. The van der Waals surface area contributed by atoms with Gasteiger partial charge in [-0.2, -0.15) is 11.8 Å². The summed E-state index contributed by atoms with van der Waals surface area (Å²) in [4.78, 5) is 3.79. The van der Waals surface area contributed by atoms with E-state index in [1.165, 1.54) is 6.07 Å². The summed E-state index contributed by atoms with van der Waals surface area (Å²) in [5.74, 6) is 0.676. The van der Waals surface area contributed by atoms with Crippen LogP contribution in [0.4, 0.5) is 4.39 Å². The van der Waals surface area contributed by atoms with Gasteiger partial charge in [-0.15, -0.1) is 0 Å². The molecule has 82 valence electrons. The Balaban J connectivity index is 2.34. The quantitative estimate of drug-likeness (QED) is 0.799. The first kappa shape index (κ1) is 10.9. The molecule has 0 saturated carbocycles. The van der Waals surface area contributed by atoms with Gasteiger partial charge in [0.05, 0.1) is 6.20 Å². The summed E-state index contributed by atoms with van der Waals surface area (Å²) in [6, 6.07) is 1.38. The molecule has 1 aliphatic heterocycles. The monoisotopic (exact) mass is 227 g/mol. The molecule has 0 aromatic carbocycles. The smallest absolute Gasteiger partial charge is 0.141 e.